The molecule has 2 aromatic carbocycles. The molecule has 0 aliphatic heterocycles. The van der Waals surface area contributed by atoms with Crippen molar-refractivity contribution in [2.24, 2.45) is 9.98 Å². The Morgan fingerprint density at radius 1 is 0.545 bits per heavy atom. The van der Waals surface area contributed by atoms with Gasteiger partial charge in [-0.15, -0.1) is 11.5 Å². The van der Waals surface area contributed by atoms with Crippen LogP contribution in [0.4, 0.5) is 0 Å². The molecule has 0 N–H and O–H groups in total. The maximum Gasteiger partial charge on any atom is 2.00 e. The van der Waals surface area contributed by atoms with E-state index in [0.29, 0.717) is 77.1 Å². The largest absolute Gasteiger partial charge is 2.00 e. The topological polar surface area (TPSA) is 108 Å². The minimum Gasteiger partial charge on any atom is -0.872 e. The molecule has 2 rings (SSSR count). The first kappa shape index (κ1) is 28.9. The van der Waals surface area contributed by atoms with Gasteiger partial charge in [-0.2, -0.15) is 0 Å². The van der Waals surface area contributed by atoms with Gasteiger partial charge in [0.1, 0.15) is 0 Å². The van der Waals surface area contributed by atoms with Gasteiger partial charge in [0.05, 0.1) is 65.9 Å². The fourth-order valence-electron chi connectivity index (χ4n) is 2.50. The molecule has 0 radical (unpaired) electrons. The molecule has 0 atom stereocenters. The molecule has 8 nitrogen and oxygen atoms in total. The van der Waals surface area contributed by atoms with Crippen LogP contribution in [-0.2, 0) is 40.0 Å². The Kier molecular flexibility index (Phi) is 17.0. The summed E-state index contributed by atoms with van der Waals surface area (Å²) in [5, 5.41) is 23.0. The van der Waals surface area contributed by atoms with E-state index < -0.39 is 0 Å². The van der Waals surface area contributed by atoms with E-state index in [1.807, 2.05) is 12.1 Å². The Bertz CT molecular complexity index is 752. The molecule has 0 fully saturated rings. The minimum absolute atomic E-state index is 0. The molecule has 0 aromatic heterocycles. The monoisotopic (exact) mass is 637 g/mol. The third kappa shape index (κ3) is 13.9. The van der Waals surface area contributed by atoms with E-state index in [-0.39, 0.29) is 32.6 Å². The first-order valence-corrected chi connectivity index (χ1v) is 10.6. The first-order valence-electron chi connectivity index (χ1n) is 10.6. The average Bonchev–Trinajstić information content (AvgIpc) is 2.80. The molecule has 0 aliphatic carbocycles. The number of nitrogens with zero attached hydrogens (tertiary/aromatic N) is 2. The zero-order valence-corrected chi connectivity index (χ0v) is 20.8. The average molecular weight is 638 g/mol. The van der Waals surface area contributed by atoms with Crippen molar-refractivity contribution in [3.05, 3.63) is 59.7 Å². The summed E-state index contributed by atoms with van der Waals surface area (Å²) < 4.78 is 21.7. The van der Waals surface area contributed by atoms with E-state index in [1.54, 1.807) is 36.7 Å². The van der Waals surface area contributed by atoms with Crippen LogP contribution >= 0.6 is 0 Å². The summed E-state index contributed by atoms with van der Waals surface area (Å²) in [5.74, 6) is -0.0700. The molecular formula is C24H30N2O6Pt. The van der Waals surface area contributed by atoms with Crippen LogP contribution in [0.1, 0.15) is 11.1 Å². The number of hydrogen-bond acceptors (Lipinski definition) is 8. The van der Waals surface area contributed by atoms with E-state index in [2.05, 4.69) is 9.98 Å². The number of rotatable bonds is 17. The fraction of sp³-hybridized carbons (Fsp3) is 0.417. The summed E-state index contributed by atoms with van der Waals surface area (Å²) in [6.45, 7) is 4.84. The van der Waals surface area contributed by atoms with E-state index in [1.165, 1.54) is 12.1 Å². The van der Waals surface area contributed by atoms with Crippen LogP contribution < -0.4 is 10.2 Å². The molecule has 0 aliphatic rings. The van der Waals surface area contributed by atoms with Crippen molar-refractivity contribution in [2.75, 3.05) is 65.9 Å². The Labute approximate surface area is 209 Å². The third-order valence-corrected chi connectivity index (χ3v) is 4.14. The minimum atomic E-state index is -0.0350. The Morgan fingerprint density at radius 2 is 0.879 bits per heavy atom. The predicted octanol–water partition coefficient (Wildman–Crippen LogP) is 1.44. The second-order valence-electron chi connectivity index (χ2n) is 6.60. The van der Waals surface area contributed by atoms with Gasteiger partial charge in [0.2, 0.25) is 0 Å². The van der Waals surface area contributed by atoms with Crippen LogP contribution in [0.3, 0.4) is 0 Å². The van der Waals surface area contributed by atoms with Crippen molar-refractivity contribution in [3.8, 4) is 11.5 Å². The van der Waals surface area contributed by atoms with Gasteiger partial charge in [0, 0.05) is 12.4 Å². The van der Waals surface area contributed by atoms with E-state index in [4.69, 9.17) is 18.9 Å². The van der Waals surface area contributed by atoms with Gasteiger partial charge in [-0.1, -0.05) is 48.5 Å². The smallest absolute Gasteiger partial charge is 0.872 e. The van der Waals surface area contributed by atoms with Gasteiger partial charge in [0.15, 0.2) is 0 Å². The van der Waals surface area contributed by atoms with Crippen LogP contribution in [0, 0.1) is 0 Å². The molecule has 33 heavy (non-hydrogen) atoms. The fourth-order valence-corrected chi connectivity index (χ4v) is 2.50. The van der Waals surface area contributed by atoms with Crippen LogP contribution in [0.5, 0.6) is 11.5 Å². The Morgan fingerprint density at radius 3 is 1.24 bits per heavy atom. The summed E-state index contributed by atoms with van der Waals surface area (Å²) in [6, 6.07) is 13.5. The molecule has 2 aromatic rings. The number of ether oxygens (including phenoxy) is 4. The van der Waals surface area contributed by atoms with Crippen LogP contribution in [0.2, 0.25) is 0 Å². The zero-order valence-electron chi connectivity index (χ0n) is 18.5. The third-order valence-electron chi connectivity index (χ3n) is 4.14. The van der Waals surface area contributed by atoms with E-state index >= 15 is 0 Å². The Hall–Kier alpha value is -2.09. The maximum absolute atomic E-state index is 11.5. The standard InChI is InChI=1S/C24H32N2O6.Pt/c27-23-7-3-1-5-21(23)19-25-9-11-29-13-15-31-17-18-32-16-14-30-12-10-26-20-22-6-2-4-8-24(22)28;/h1-8,19-20,27-28H,9-18H2;/q;+2/p-2. The molecule has 182 valence electrons. The Balaban J connectivity index is 0.00000544. The quantitative estimate of drug-likeness (QED) is 0.192. The van der Waals surface area contributed by atoms with Crippen molar-refractivity contribution in [3.63, 3.8) is 0 Å². The molecular weight excluding hydrogens is 607 g/mol. The second-order valence-corrected chi connectivity index (χ2v) is 6.60. The number of benzene rings is 2. The summed E-state index contributed by atoms with van der Waals surface area (Å²) >= 11 is 0. The summed E-state index contributed by atoms with van der Waals surface area (Å²) in [7, 11) is 0. The normalized spacial score (nSPS) is 11.3. The summed E-state index contributed by atoms with van der Waals surface area (Å²) in [6.07, 6.45) is 3.15. The van der Waals surface area contributed by atoms with Gasteiger partial charge >= 0.3 is 21.1 Å². The SMILES string of the molecule is [O-]c1ccccc1C=NCCOCCOCCOCCOCCN=Cc1ccccc1[O-].[Pt+2]. The second kappa shape index (κ2) is 19.4. The molecule has 0 saturated heterocycles. The molecule has 0 amide bonds. The zero-order chi connectivity index (χ0) is 22.7. The van der Waals surface area contributed by atoms with Crippen molar-refractivity contribution in [2.45, 2.75) is 0 Å². The van der Waals surface area contributed by atoms with Crippen LogP contribution in [0.15, 0.2) is 58.5 Å². The number of para-hydroxylation sites is 2. The van der Waals surface area contributed by atoms with Gasteiger partial charge in [-0.25, -0.2) is 0 Å². The van der Waals surface area contributed by atoms with Crippen molar-refractivity contribution in [1.82, 2.24) is 0 Å². The first-order chi connectivity index (χ1) is 15.8. The van der Waals surface area contributed by atoms with Crippen molar-refractivity contribution >= 4 is 12.4 Å². The van der Waals surface area contributed by atoms with Crippen LogP contribution in [0.25, 0.3) is 0 Å². The summed E-state index contributed by atoms with van der Waals surface area (Å²) in [4.78, 5) is 8.35. The number of hydrogen-bond donors (Lipinski definition) is 0. The molecule has 0 saturated carbocycles. The predicted molar refractivity (Wildman–Crippen MR) is 120 cm³/mol. The molecule has 0 bridgehead atoms. The molecule has 0 unspecified atom stereocenters. The van der Waals surface area contributed by atoms with Gasteiger partial charge in [-0.3, -0.25) is 9.98 Å². The van der Waals surface area contributed by atoms with Crippen molar-refractivity contribution in [1.29, 1.82) is 0 Å². The molecule has 0 heterocycles. The molecule has 0 spiro atoms. The molecule has 9 heteroatoms. The van der Waals surface area contributed by atoms with Crippen LogP contribution in [-0.4, -0.2) is 78.4 Å². The van der Waals surface area contributed by atoms with E-state index in [0.717, 1.165) is 0 Å². The maximum atomic E-state index is 11.5. The van der Waals surface area contributed by atoms with Crippen molar-refractivity contribution < 1.29 is 50.2 Å². The van der Waals surface area contributed by atoms with Gasteiger partial charge in [0.25, 0.3) is 0 Å². The number of aliphatic imine (C=N–C) groups is 2. The van der Waals surface area contributed by atoms with E-state index in [9.17, 15) is 10.2 Å². The van der Waals surface area contributed by atoms with Gasteiger partial charge in [-0.05, 0) is 11.1 Å². The summed E-state index contributed by atoms with van der Waals surface area (Å²) in [5.41, 5.74) is 1.16. The van der Waals surface area contributed by atoms with Gasteiger partial charge < -0.3 is 29.2 Å².